The molecule has 0 spiro atoms. The molecule has 0 aromatic carbocycles. The van der Waals surface area contributed by atoms with Gasteiger partial charge < -0.3 is 0 Å². The molecule has 0 heterocycles. The predicted octanol–water partition coefficient (Wildman–Crippen LogP) is 2.25. The van der Waals surface area contributed by atoms with Crippen LogP contribution in [0, 0.1) is 27.4 Å². The summed E-state index contributed by atoms with van der Waals surface area (Å²) in [5.74, 6) is -0.514. The third kappa shape index (κ3) is 2.76. The molecule has 0 saturated heterocycles. The molecule has 0 radical (unpaired) electrons. The molecule has 1 aliphatic rings. The minimum Gasteiger partial charge on any atom is -0.299 e. The van der Waals surface area contributed by atoms with Crippen LogP contribution < -0.4 is 0 Å². The number of hydrogen-bond donors (Lipinski definition) is 0. The largest absolute Gasteiger partial charge is 0.299 e. The van der Waals surface area contributed by atoms with Crippen LogP contribution in [0.25, 0.3) is 0 Å². The molecule has 1 aliphatic carbocycles. The molecular weight excluding hydrogens is 234 g/mol. The molecule has 5 heteroatoms. The Morgan fingerprint density at radius 3 is 2.44 bits per heavy atom. The molecule has 0 bridgehead atoms. The Kier molecular flexibility index (Phi) is 4.59. The first-order chi connectivity index (χ1) is 8.30. The first-order valence-corrected chi connectivity index (χ1v) is 6.46. The van der Waals surface area contributed by atoms with E-state index in [4.69, 9.17) is 0 Å². The molecule has 18 heavy (non-hydrogen) atoms. The highest BCUT2D eigenvalue weighted by molar-refractivity contribution is 6.07. The number of nitrogens with zero attached hydrogens (tertiary/aromatic N) is 1. The molecule has 0 unspecified atom stereocenters. The van der Waals surface area contributed by atoms with Crippen LogP contribution in [0.4, 0.5) is 0 Å². The number of rotatable bonds is 6. The minimum absolute atomic E-state index is 0.0949. The Hall–Kier alpha value is -1.26. The second-order valence-electron chi connectivity index (χ2n) is 5.65. The first kappa shape index (κ1) is 14.8. The predicted molar refractivity (Wildman–Crippen MR) is 66.8 cm³/mol. The molecule has 2 atom stereocenters. The molecule has 1 rings (SSSR count). The van der Waals surface area contributed by atoms with Crippen LogP contribution in [0.3, 0.4) is 0 Å². The molecule has 0 aromatic rings. The standard InChI is InChI=1S/C13H21NO4/c1-9(2)7-11(8-14(17)18)13(10(3)15)6-4-5-12(13)16/h9,11H,4-8H2,1-3H3/t11-,13-/m1/s1. The van der Waals surface area contributed by atoms with Crippen molar-refractivity contribution in [2.45, 2.75) is 46.5 Å². The lowest BCUT2D eigenvalue weighted by Gasteiger charge is -2.32. The van der Waals surface area contributed by atoms with Gasteiger partial charge in [0, 0.05) is 17.3 Å². The summed E-state index contributed by atoms with van der Waals surface area (Å²) in [5, 5.41) is 10.8. The lowest BCUT2D eigenvalue weighted by atomic mass is 9.67. The monoisotopic (exact) mass is 255 g/mol. The van der Waals surface area contributed by atoms with E-state index in [9.17, 15) is 19.7 Å². The van der Waals surface area contributed by atoms with E-state index in [0.29, 0.717) is 25.7 Å². The highest BCUT2D eigenvalue weighted by atomic mass is 16.6. The average molecular weight is 255 g/mol. The minimum atomic E-state index is -1.09. The number of nitro groups is 1. The summed E-state index contributed by atoms with van der Waals surface area (Å²) in [6, 6.07) is 0. The van der Waals surface area contributed by atoms with E-state index in [2.05, 4.69) is 0 Å². The molecule has 0 amide bonds. The smallest absolute Gasteiger partial charge is 0.208 e. The normalized spacial score (nSPS) is 25.4. The maximum atomic E-state index is 12.1. The average Bonchev–Trinajstić information content (AvgIpc) is 2.58. The Balaban J connectivity index is 3.08. The zero-order chi connectivity index (χ0) is 13.9. The van der Waals surface area contributed by atoms with Crippen molar-refractivity contribution in [3.63, 3.8) is 0 Å². The fourth-order valence-electron chi connectivity index (χ4n) is 3.16. The molecule has 5 nitrogen and oxygen atoms in total. The zero-order valence-corrected chi connectivity index (χ0v) is 11.3. The van der Waals surface area contributed by atoms with Crippen molar-refractivity contribution in [1.82, 2.24) is 0 Å². The zero-order valence-electron chi connectivity index (χ0n) is 11.3. The fraction of sp³-hybridized carbons (Fsp3) is 0.846. The summed E-state index contributed by atoms with van der Waals surface area (Å²) < 4.78 is 0. The van der Waals surface area contributed by atoms with Crippen LogP contribution in [-0.2, 0) is 9.59 Å². The molecule has 0 N–H and O–H groups in total. The Labute approximate surface area is 107 Å². The summed E-state index contributed by atoms with van der Waals surface area (Å²) in [4.78, 5) is 34.4. The second kappa shape index (κ2) is 5.59. The van der Waals surface area contributed by atoms with Gasteiger partial charge in [-0.05, 0) is 32.1 Å². The van der Waals surface area contributed by atoms with Crippen LogP contribution in [-0.4, -0.2) is 23.0 Å². The van der Waals surface area contributed by atoms with Crippen LogP contribution in [0.1, 0.15) is 46.5 Å². The van der Waals surface area contributed by atoms with E-state index < -0.39 is 16.3 Å². The van der Waals surface area contributed by atoms with Crippen molar-refractivity contribution < 1.29 is 14.5 Å². The van der Waals surface area contributed by atoms with Crippen molar-refractivity contribution in [2.24, 2.45) is 17.3 Å². The molecular formula is C13H21NO4. The van der Waals surface area contributed by atoms with Gasteiger partial charge in [0.05, 0.1) is 5.41 Å². The van der Waals surface area contributed by atoms with Crippen molar-refractivity contribution in [3.8, 4) is 0 Å². The quantitative estimate of drug-likeness (QED) is 0.414. The van der Waals surface area contributed by atoms with E-state index in [1.807, 2.05) is 13.8 Å². The van der Waals surface area contributed by atoms with Crippen LogP contribution >= 0.6 is 0 Å². The number of hydrogen-bond acceptors (Lipinski definition) is 4. The van der Waals surface area contributed by atoms with Gasteiger partial charge in [-0.3, -0.25) is 19.7 Å². The summed E-state index contributed by atoms with van der Waals surface area (Å²) in [5.41, 5.74) is -1.09. The SMILES string of the molecule is CC(=O)[C@@]1([C@H](CC(C)C)C[N+](=O)[O-])CCCC1=O. The molecule has 102 valence electrons. The number of carbonyl (C=O) groups excluding carboxylic acids is 2. The van der Waals surface area contributed by atoms with E-state index >= 15 is 0 Å². The van der Waals surface area contributed by atoms with E-state index in [-0.39, 0.29) is 24.0 Å². The van der Waals surface area contributed by atoms with Gasteiger partial charge in [-0.2, -0.15) is 0 Å². The van der Waals surface area contributed by atoms with Gasteiger partial charge in [0.2, 0.25) is 6.54 Å². The van der Waals surface area contributed by atoms with Gasteiger partial charge in [-0.25, -0.2) is 0 Å². The highest BCUT2D eigenvalue weighted by Crippen LogP contribution is 2.45. The summed E-state index contributed by atoms with van der Waals surface area (Å²) >= 11 is 0. The van der Waals surface area contributed by atoms with Crippen LogP contribution in [0.5, 0.6) is 0 Å². The van der Waals surface area contributed by atoms with Crippen molar-refractivity contribution in [1.29, 1.82) is 0 Å². The Bertz CT molecular complexity index is 364. The van der Waals surface area contributed by atoms with E-state index in [1.54, 1.807) is 0 Å². The van der Waals surface area contributed by atoms with Crippen molar-refractivity contribution in [3.05, 3.63) is 10.1 Å². The van der Waals surface area contributed by atoms with Gasteiger partial charge in [0.25, 0.3) is 0 Å². The Morgan fingerprint density at radius 1 is 1.50 bits per heavy atom. The Morgan fingerprint density at radius 2 is 2.11 bits per heavy atom. The van der Waals surface area contributed by atoms with Gasteiger partial charge in [-0.1, -0.05) is 13.8 Å². The third-order valence-electron chi connectivity index (χ3n) is 3.92. The molecule has 1 fully saturated rings. The van der Waals surface area contributed by atoms with Crippen molar-refractivity contribution >= 4 is 11.6 Å². The lowest BCUT2D eigenvalue weighted by Crippen LogP contribution is -2.44. The fourth-order valence-corrected chi connectivity index (χ4v) is 3.16. The number of carbonyl (C=O) groups is 2. The topological polar surface area (TPSA) is 77.3 Å². The first-order valence-electron chi connectivity index (χ1n) is 6.46. The van der Waals surface area contributed by atoms with Gasteiger partial charge in [-0.15, -0.1) is 0 Å². The lowest BCUT2D eigenvalue weighted by molar-refractivity contribution is -0.491. The van der Waals surface area contributed by atoms with Gasteiger partial charge >= 0.3 is 0 Å². The maximum Gasteiger partial charge on any atom is 0.208 e. The highest BCUT2D eigenvalue weighted by Gasteiger charge is 2.53. The van der Waals surface area contributed by atoms with Crippen LogP contribution in [0.15, 0.2) is 0 Å². The third-order valence-corrected chi connectivity index (χ3v) is 3.92. The summed E-state index contributed by atoms with van der Waals surface area (Å²) in [6.07, 6.45) is 2.08. The number of ketones is 2. The maximum absolute atomic E-state index is 12.1. The number of Topliss-reactive ketones (excluding diaryl/α,β-unsaturated/α-hetero) is 2. The van der Waals surface area contributed by atoms with Crippen LogP contribution in [0.2, 0.25) is 0 Å². The van der Waals surface area contributed by atoms with E-state index in [1.165, 1.54) is 6.92 Å². The second-order valence-corrected chi connectivity index (χ2v) is 5.65. The molecule has 0 aromatic heterocycles. The molecule has 1 saturated carbocycles. The van der Waals surface area contributed by atoms with E-state index in [0.717, 1.165) is 0 Å². The van der Waals surface area contributed by atoms with Gasteiger partial charge in [0.1, 0.15) is 11.6 Å². The summed E-state index contributed by atoms with van der Waals surface area (Å²) in [6.45, 7) is 5.03. The molecule has 0 aliphatic heterocycles. The van der Waals surface area contributed by atoms with Gasteiger partial charge in [0.15, 0.2) is 0 Å². The van der Waals surface area contributed by atoms with Crippen molar-refractivity contribution in [2.75, 3.05) is 6.54 Å². The summed E-state index contributed by atoms with van der Waals surface area (Å²) in [7, 11) is 0.